The monoisotopic (exact) mass is 350 g/mol. The van der Waals surface area contributed by atoms with Crippen molar-refractivity contribution in [1.29, 1.82) is 0 Å². The number of rotatable bonds is 6. The number of aromatic nitrogens is 5. The number of esters is 1. The van der Waals surface area contributed by atoms with Gasteiger partial charge in [-0.1, -0.05) is 11.6 Å². The standard InChI is InChI=1S/C15H23N7O3/c1-3-24-15(23)12-11(9-21(2)10-7-5-4-6-8-10)22(20-17-12)14-13(16)18-25-19-14/h10H,3-9H2,1-2H3,(H2,16,18)/p+1. The Balaban J connectivity index is 1.92. The minimum Gasteiger partial charge on any atom is -0.461 e. The molecule has 3 rings (SSSR count). The second kappa shape index (κ2) is 7.60. The number of hydrogen-bond acceptors (Lipinski definition) is 8. The van der Waals surface area contributed by atoms with Crippen LogP contribution < -0.4 is 10.6 Å². The van der Waals surface area contributed by atoms with Crippen molar-refractivity contribution < 1.29 is 19.1 Å². The number of nitrogens with zero attached hydrogens (tertiary/aromatic N) is 5. The molecular weight excluding hydrogens is 326 g/mol. The Kier molecular flexibility index (Phi) is 5.27. The van der Waals surface area contributed by atoms with Gasteiger partial charge in [-0.25, -0.2) is 9.42 Å². The molecule has 1 aliphatic rings. The van der Waals surface area contributed by atoms with E-state index >= 15 is 0 Å². The summed E-state index contributed by atoms with van der Waals surface area (Å²) in [6.45, 7) is 2.57. The van der Waals surface area contributed by atoms with Crippen molar-refractivity contribution in [2.24, 2.45) is 0 Å². The molecule has 1 saturated carbocycles. The molecule has 0 saturated heterocycles. The molecule has 1 aliphatic carbocycles. The first-order valence-corrected chi connectivity index (χ1v) is 8.64. The molecule has 0 amide bonds. The maximum atomic E-state index is 12.3. The van der Waals surface area contributed by atoms with Crippen LogP contribution in [0.2, 0.25) is 0 Å². The van der Waals surface area contributed by atoms with Crippen LogP contribution in [-0.4, -0.2) is 51.0 Å². The number of carbonyl (C=O) groups is 1. The van der Waals surface area contributed by atoms with Crippen LogP contribution >= 0.6 is 0 Å². The van der Waals surface area contributed by atoms with Crippen molar-refractivity contribution in [3.05, 3.63) is 11.4 Å². The van der Waals surface area contributed by atoms with E-state index in [2.05, 4.69) is 32.3 Å². The quantitative estimate of drug-likeness (QED) is 0.683. The lowest BCUT2D eigenvalue weighted by molar-refractivity contribution is -0.921. The largest absolute Gasteiger partial charge is 0.461 e. The van der Waals surface area contributed by atoms with E-state index in [0.29, 0.717) is 18.3 Å². The third-order valence-corrected chi connectivity index (χ3v) is 4.68. The summed E-state index contributed by atoms with van der Waals surface area (Å²) in [6, 6.07) is 0.542. The van der Waals surface area contributed by atoms with Crippen LogP contribution in [0.3, 0.4) is 0 Å². The number of nitrogens with two attached hydrogens (primary N) is 1. The fraction of sp³-hybridized carbons (Fsp3) is 0.667. The van der Waals surface area contributed by atoms with Gasteiger partial charge in [0.15, 0.2) is 5.69 Å². The minimum absolute atomic E-state index is 0.0943. The van der Waals surface area contributed by atoms with E-state index in [4.69, 9.17) is 10.5 Å². The van der Waals surface area contributed by atoms with Gasteiger partial charge in [0.1, 0.15) is 12.2 Å². The summed E-state index contributed by atoms with van der Waals surface area (Å²) < 4.78 is 11.2. The molecule has 2 heterocycles. The molecule has 0 spiro atoms. The third-order valence-electron chi connectivity index (χ3n) is 4.68. The first-order valence-electron chi connectivity index (χ1n) is 8.64. The highest BCUT2D eigenvalue weighted by atomic mass is 16.6. The number of carbonyl (C=O) groups excluding carboxylic acids is 1. The Hall–Kier alpha value is -2.49. The van der Waals surface area contributed by atoms with E-state index in [0.717, 1.165) is 0 Å². The molecule has 25 heavy (non-hydrogen) atoms. The highest BCUT2D eigenvalue weighted by Gasteiger charge is 2.29. The number of hydrogen-bond donors (Lipinski definition) is 2. The molecule has 1 atom stereocenters. The van der Waals surface area contributed by atoms with Gasteiger partial charge in [0.25, 0.3) is 0 Å². The number of ether oxygens (including phenoxy) is 1. The van der Waals surface area contributed by atoms with Crippen LogP contribution in [0.15, 0.2) is 4.63 Å². The highest BCUT2D eigenvalue weighted by Crippen LogP contribution is 2.18. The summed E-state index contributed by atoms with van der Waals surface area (Å²) in [4.78, 5) is 13.5. The minimum atomic E-state index is -0.504. The van der Waals surface area contributed by atoms with E-state index in [1.165, 1.54) is 41.7 Å². The highest BCUT2D eigenvalue weighted by molar-refractivity contribution is 5.88. The van der Waals surface area contributed by atoms with Gasteiger partial charge in [0.05, 0.1) is 19.7 Å². The molecule has 2 aromatic heterocycles. The van der Waals surface area contributed by atoms with Gasteiger partial charge in [0.2, 0.25) is 11.6 Å². The van der Waals surface area contributed by atoms with Crippen LogP contribution in [0.1, 0.15) is 55.2 Å². The zero-order valence-corrected chi connectivity index (χ0v) is 14.6. The number of quaternary nitrogens is 1. The van der Waals surface area contributed by atoms with Gasteiger partial charge in [0, 0.05) is 0 Å². The second-order valence-electron chi connectivity index (χ2n) is 6.35. The Morgan fingerprint density at radius 2 is 2.12 bits per heavy atom. The molecule has 3 N–H and O–H groups in total. The van der Waals surface area contributed by atoms with Gasteiger partial charge in [-0.05, 0) is 42.9 Å². The molecule has 0 bridgehead atoms. The average Bonchev–Trinajstić information content (AvgIpc) is 3.21. The smallest absolute Gasteiger partial charge is 0.361 e. The maximum absolute atomic E-state index is 12.3. The molecule has 0 radical (unpaired) electrons. The predicted octanol–water partition coefficient (Wildman–Crippen LogP) is -0.243. The Bertz CT molecular complexity index is 721. The van der Waals surface area contributed by atoms with Gasteiger partial charge in [-0.15, -0.1) is 5.10 Å². The molecular formula is C15H24N7O3+. The first kappa shape index (κ1) is 17.3. The molecule has 1 fully saturated rings. The van der Waals surface area contributed by atoms with Gasteiger partial charge < -0.3 is 15.4 Å². The lowest BCUT2D eigenvalue weighted by Crippen LogP contribution is -3.11. The van der Waals surface area contributed by atoms with E-state index < -0.39 is 5.97 Å². The molecule has 136 valence electrons. The van der Waals surface area contributed by atoms with E-state index in [9.17, 15) is 4.79 Å². The van der Waals surface area contributed by atoms with Crippen LogP contribution in [0.5, 0.6) is 0 Å². The van der Waals surface area contributed by atoms with E-state index in [1.807, 2.05) is 0 Å². The Morgan fingerprint density at radius 3 is 2.76 bits per heavy atom. The van der Waals surface area contributed by atoms with Crippen LogP contribution in [0, 0.1) is 0 Å². The summed E-state index contributed by atoms with van der Waals surface area (Å²) in [7, 11) is 2.12. The van der Waals surface area contributed by atoms with Crippen molar-refractivity contribution in [1.82, 2.24) is 25.3 Å². The number of anilines is 1. The molecule has 0 aromatic carbocycles. The van der Waals surface area contributed by atoms with Crippen molar-refractivity contribution in [3.8, 4) is 5.82 Å². The third kappa shape index (κ3) is 3.63. The predicted molar refractivity (Wildman–Crippen MR) is 87.0 cm³/mol. The first-order chi connectivity index (χ1) is 12.1. The fourth-order valence-corrected chi connectivity index (χ4v) is 3.33. The van der Waals surface area contributed by atoms with Gasteiger partial charge in [-0.2, -0.15) is 4.68 Å². The molecule has 2 aromatic rings. The Morgan fingerprint density at radius 1 is 1.36 bits per heavy atom. The zero-order chi connectivity index (χ0) is 17.8. The lowest BCUT2D eigenvalue weighted by atomic mass is 9.94. The fourth-order valence-electron chi connectivity index (χ4n) is 3.33. The maximum Gasteiger partial charge on any atom is 0.361 e. The topological polar surface area (TPSA) is 126 Å². The number of nitrogen functional groups attached to an aromatic ring is 1. The summed E-state index contributed by atoms with van der Waals surface area (Å²) in [5.41, 5.74) is 6.56. The second-order valence-corrected chi connectivity index (χ2v) is 6.35. The molecule has 1 unspecified atom stereocenters. The average molecular weight is 350 g/mol. The van der Waals surface area contributed by atoms with E-state index in [-0.39, 0.29) is 23.9 Å². The van der Waals surface area contributed by atoms with Crippen molar-refractivity contribution in [2.75, 3.05) is 19.4 Å². The summed E-state index contributed by atoms with van der Waals surface area (Å²) in [6.07, 6.45) is 6.12. The lowest BCUT2D eigenvalue weighted by Gasteiger charge is -2.28. The van der Waals surface area contributed by atoms with Crippen LogP contribution in [-0.2, 0) is 11.3 Å². The molecule has 0 aliphatic heterocycles. The normalized spacial score (nSPS) is 16.7. The van der Waals surface area contributed by atoms with Gasteiger partial charge in [-0.3, -0.25) is 0 Å². The zero-order valence-electron chi connectivity index (χ0n) is 14.6. The number of nitrogens with one attached hydrogen (secondary N) is 1. The molecule has 10 heteroatoms. The van der Waals surface area contributed by atoms with Crippen LogP contribution in [0.4, 0.5) is 5.82 Å². The van der Waals surface area contributed by atoms with Crippen molar-refractivity contribution >= 4 is 11.8 Å². The summed E-state index contributed by atoms with van der Waals surface area (Å²) in [5.74, 6) is -0.179. The summed E-state index contributed by atoms with van der Waals surface area (Å²) in [5, 5.41) is 15.4. The molecule has 10 nitrogen and oxygen atoms in total. The van der Waals surface area contributed by atoms with E-state index in [1.54, 1.807) is 6.92 Å². The van der Waals surface area contributed by atoms with Crippen molar-refractivity contribution in [2.45, 2.75) is 51.6 Å². The van der Waals surface area contributed by atoms with Gasteiger partial charge >= 0.3 is 5.97 Å². The SMILES string of the molecule is CCOC(=O)c1nnn(-c2nonc2N)c1C[NH+](C)C1CCCCC1. The van der Waals surface area contributed by atoms with Crippen molar-refractivity contribution in [3.63, 3.8) is 0 Å². The Labute approximate surface area is 145 Å². The van der Waals surface area contributed by atoms with Crippen LogP contribution in [0.25, 0.3) is 5.82 Å². The summed E-state index contributed by atoms with van der Waals surface area (Å²) >= 11 is 0.